The lowest BCUT2D eigenvalue weighted by atomic mass is 10.00. The number of ether oxygens (including phenoxy) is 2. The summed E-state index contributed by atoms with van der Waals surface area (Å²) >= 11 is 6.84. The molecule has 0 amide bonds. The van der Waals surface area contributed by atoms with Gasteiger partial charge in [-0.3, -0.25) is 4.90 Å². The molecule has 2 atom stereocenters. The lowest BCUT2D eigenvalue weighted by Crippen LogP contribution is -2.52. The number of pyridine rings is 1. The molecule has 14 heteroatoms. The third-order valence-corrected chi connectivity index (χ3v) is 7.68. The predicted octanol–water partition coefficient (Wildman–Crippen LogP) is 4.05. The summed E-state index contributed by atoms with van der Waals surface area (Å²) in [6.07, 6.45) is -4.20. The largest absolute Gasteiger partial charge is 0.507 e. The Balaban J connectivity index is 0.000000470. The number of aliphatic carboxylic acids is 1. The number of carboxylic acid groups (broad SMARTS) is 1. The van der Waals surface area contributed by atoms with Crippen molar-refractivity contribution in [2.75, 3.05) is 44.8 Å². The van der Waals surface area contributed by atoms with E-state index in [4.69, 9.17) is 36.0 Å². The van der Waals surface area contributed by atoms with Gasteiger partial charge in [-0.15, -0.1) is 0 Å². The van der Waals surface area contributed by atoms with Crippen LogP contribution in [0.4, 0.5) is 23.4 Å². The average molecular weight is 591 g/mol. The second-order valence-corrected chi connectivity index (χ2v) is 10.8. The Morgan fingerprint density at radius 3 is 2.62 bits per heavy atom. The maximum atomic E-state index is 14.9. The Hall–Kier alpha value is -2.87. The lowest BCUT2D eigenvalue weighted by molar-refractivity contribution is -0.192. The van der Waals surface area contributed by atoms with Crippen LogP contribution in [0, 0.1) is 5.82 Å². The summed E-state index contributed by atoms with van der Waals surface area (Å²) in [7, 11) is 1.72. The minimum atomic E-state index is -5.08. The number of methoxy groups -OCH3 is 1. The zero-order valence-electron chi connectivity index (χ0n) is 22.2. The first-order valence-corrected chi connectivity index (χ1v) is 13.0. The van der Waals surface area contributed by atoms with Crippen LogP contribution >= 0.6 is 11.6 Å². The number of rotatable bonds is 3. The normalized spacial score (nSPS) is 22.4. The third kappa shape index (κ3) is 6.07. The molecule has 40 heavy (non-hydrogen) atoms. The van der Waals surface area contributed by atoms with E-state index in [1.807, 2.05) is 0 Å². The highest BCUT2D eigenvalue weighted by Crippen LogP contribution is 2.48. The van der Waals surface area contributed by atoms with E-state index in [9.17, 15) is 22.7 Å². The SMILES string of the molecule is COC1CN(c2nc(-c3c(O)cccc3F)c(Cl)c3c2CN2CCNC[C@@H]2CO3)C(C)(C)C1.O=C(O)C(F)(F)F. The summed E-state index contributed by atoms with van der Waals surface area (Å²) in [4.78, 5) is 18.4. The van der Waals surface area contributed by atoms with Crippen LogP contribution in [0.5, 0.6) is 11.5 Å². The first-order valence-electron chi connectivity index (χ1n) is 12.6. The van der Waals surface area contributed by atoms with Gasteiger partial charge in [-0.25, -0.2) is 14.2 Å². The van der Waals surface area contributed by atoms with Gasteiger partial charge in [0.15, 0.2) is 0 Å². The summed E-state index contributed by atoms with van der Waals surface area (Å²) < 4.78 is 58.6. The Bertz CT molecular complexity index is 1240. The number of piperazine rings is 1. The van der Waals surface area contributed by atoms with Gasteiger partial charge in [-0.05, 0) is 32.4 Å². The van der Waals surface area contributed by atoms with E-state index in [1.54, 1.807) is 7.11 Å². The topological polar surface area (TPSA) is 107 Å². The average Bonchev–Trinajstić information content (AvgIpc) is 3.06. The van der Waals surface area contributed by atoms with Crippen LogP contribution in [-0.2, 0) is 16.1 Å². The first kappa shape index (κ1) is 30.1. The van der Waals surface area contributed by atoms with Crippen molar-refractivity contribution in [2.24, 2.45) is 0 Å². The minimum absolute atomic E-state index is 0.0147. The Morgan fingerprint density at radius 1 is 1.32 bits per heavy atom. The summed E-state index contributed by atoms with van der Waals surface area (Å²) in [6, 6.07) is 4.40. The van der Waals surface area contributed by atoms with Crippen LogP contribution in [0.2, 0.25) is 5.02 Å². The molecule has 9 nitrogen and oxygen atoms in total. The molecule has 0 radical (unpaired) electrons. The number of fused-ring (bicyclic) bond motifs is 2. The van der Waals surface area contributed by atoms with Gasteiger partial charge in [0.05, 0.1) is 23.3 Å². The number of aromatic hydroxyl groups is 1. The van der Waals surface area contributed by atoms with Crippen molar-refractivity contribution in [2.45, 2.75) is 50.7 Å². The summed E-state index contributed by atoms with van der Waals surface area (Å²) in [5, 5.41) is 21.3. The van der Waals surface area contributed by atoms with E-state index in [1.165, 1.54) is 18.2 Å². The second-order valence-electron chi connectivity index (χ2n) is 10.5. The number of benzene rings is 1. The van der Waals surface area contributed by atoms with Gasteiger partial charge in [0.2, 0.25) is 0 Å². The van der Waals surface area contributed by atoms with Crippen LogP contribution in [0.3, 0.4) is 0 Å². The van der Waals surface area contributed by atoms with Crippen molar-refractivity contribution < 1.29 is 42.0 Å². The van der Waals surface area contributed by atoms with E-state index in [2.05, 4.69) is 29.0 Å². The van der Waals surface area contributed by atoms with Crippen molar-refractivity contribution in [3.05, 3.63) is 34.6 Å². The fraction of sp³-hybridized carbons (Fsp3) is 0.538. The highest BCUT2D eigenvalue weighted by Gasteiger charge is 2.43. The molecule has 1 aromatic heterocycles. The quantitative estimate of drug-likeness (QED) is 0.456. The Morgan fingerprint density at radius 2 is 2.02 bits per heavy atom. The van der Waals surface area contributed by atoms with Gasteiger partial charge in [0.1, 0.15) is 40.5 Å². The van der Waals surface area contributed by atoms with Crippen molar-refractivity contribution in [1.82, 2.24) is 15.2 Å². The molecule has 0 aliphatic carbocycles. The Labute approximate surface area is 233 Å². The molecule has 2 aromatic rings. The number of aromatic nitrogens is 1. The van der Waals surface area contributed by atoms with E-state index >= 15 is 0 Å². The van der Waals surface area contributed by atoms with Gasteiger partial charge >= 0.3 is 12.1 Å². The number of carboxylic acids is 1. The van der Waals surface area contributed by atoms with Gasteiger partial charge in [0, 0.05) is 45.4 Å². The molecule has 1 unspecified atom stereocenters. The van der Waals surface area contributed by atoms with Crippen LogP contribution in [0.15, 0.2) is 18.2 Å². The van der Waals surface area contributed by atoms with Crippen molar-refractivity contribution >= 4 is 23.4 Å². The molecule has 3 N–H and O–H groups in total. The number of anilines is 1. The maximum absolute atomic E-state index is 14.9. The van der Waals surface area contributed by atoms with Gasteiger partial charge in [-0.1, -0.05) is 17.7 Å². The number of phenolic OH excluding ortho intramolecular Hbond substituents is 1. The number of carbonyl (C=O) groups is 1. The molecular weight excluding hydrogens is 560 g/mol. The molecular formula is C26H31ClF4N4O5. The number of halogens is 5. The van der Waals surface area contributed by atoms with Gasteiger partial charge < -0.3 is 29.9 Å². The first-order chi connectivity index (χ1) is 18.7. The van der Waals surface area contributed by atoms with Crippen LogP contribution in [0.1, 0.15) is 25.8 Å². The second kappa shape index (κ2) is 11.6. The smallest absolute Gasteiger partial charge is 0.490 e. The van der Waals surface area contributed by atoms with E-state index in [-0.39, 0.29) is 39.7 Å². The van der Waals surface area contributed by atoms with Crippen molar-refractivity contribution in [1.29, 1.82) is 0 Å². The molecule has 0 saturated carbocycles. The molecule has 220 valence electrons. The molecule has 0 bridgehead atoms. The van der Waals surface area contributed by atoms with Crippen LogP contribution in [0.25, 0.3) is 11.3 Å². The monoisotopic (exact) mass is 590 g/mol. The highest BCUT2D eigenvalue weighted by atomic mass is 35.5. The van der Waals surface area contributed by atoms with Crippen molar-refractivity contribution in [3.8, 4) is 22.8 Å². The van der Waals surface area contributed by atoms with Crippen LogP contribution in [-0.4, -0.2) is 89.8 Å². The number of nitrogens with zero attached hydrogens (tertiary/aromatic N) is 3. The number of nitrogens with one attached hydrogen (secondary N) is 1. The highest BCUT2D eigenvalue weighted by molar-refractivity contribution is 6.35. The van der Waals surface area contributed by atoms with Crippen LogP contribution < -0.4 is 15.0 Å². The third-order valence-electron chi connectivity index (χ3n) is 7.33. The zero-order valence-corrected chi connectivity index (χ0v) is 22.9. The molecule has 4 heterocycles. The number of hydrogen-bond donors (Lipinski definition) is 3. The van der Waals surface area contributed by atoms with E-state index < -0.39 is 18.0 Å². The molecule has 3 aliphatic heterocycles. The molecule has 1 aromatic carbocycles. The molecule has 3 aliphatic rings. The lowest BCUT2D eigenvalue weighted by Gasteiger charge is -2.36. The fourth-order valence-electron chi connectivity index (χ4n) is 5.26. The molecule has 2 saturated heterocycles. The number of hydrogen-bond acceptors (Lipinski definition) is 8. The Kier molecular flexibility index (Phi) is 8.69. The predicted molar refractivity (Wildman–Crippen MR) is 139 cm³/mol. The molecule has 0 spiro atoms. The van der Waals surface area contributed by atoms with E-state index in [0.29, 0.717) is 31.3 Å². The summed E-state index contributed by atoms with van der Waals surface area (Å²) in [5.74, 6) is -2.32. The van der Waals surface area contributed by atoms with Gasteiger partial charge in [0.25, 0.3) is 0 Å². The van der Waals surface area contributed by atoms with Gasteiger partial charge in [-0.2, -0.15) is 13.2 Å². The number of phenols is 1. The zero-order chi connectivity index (χ0) is 29.4. The van der Waals surface area contributed by atoms with E-state index in [0.717, 1.165) is 31.6 Å². The van der Waals surface area contributed by atoms with Crippen molar-refractivity contribution in [3.63, 3.8) is 0 Å². The minimum Gasteiger partial charge on any atom is -0.507 e. The maximum Gasteiger partial charge on any atom is 0.490 e. The summed E-state index contributed by atoms with van der Waals surface area (Å²) in [5.41, 5.74) is 0.836. The standard InChI is InChI=1S/C24H30ClFN4O3.C2HF3O2/c1-24(2)9-15(32-3)11-30(24)23-16-12-29-8-7-27-10-14(29)13-33-22(16)20(25)21(28-23)19-17(26)5-4-6-18(19)31;3-2(4,5)1(6)7/h4-6,14-15,27,31H,7-13H2,1-3H3;(H,6,7)/t14-,15?;/m1./s1. The number of alkyl halides is 3. The molecule has 2 fully saturated rings. The summed E-state index contributed by atoms with van der Waals surface area (Å²) in [6.45, 7) is 8.69. The molecule has 5 rings (SSSR count). The fourth-order valence-corrected chi connectivity index (χ4v) is 5.57.